The quantitative estimate of drug-likeness (QED) is 0.725. The predicted molar refractivity (Wildman–Crippen MR) is 111 cm³/mol. The van der Waals surface area contributed by atoms with Crippen LogP contribution in [0.1, 0.15) is 12.8 Å². The Morgan fingerprint density at radius 3 is 2.64 bits per heavy atom. The van der Waals surface area contributed by atoms with Crippen LogP contribution in [0, 0.1) is 5.92 Å². The van der Waals surface area contributed by atoms with Gasteiger partial charge in [-0.15, -0.1) is 11.8 Å². The summed E-state index contributed by atoms with van der Waals surface area (Å²) in [7, 11) is -2.11. The highest BCUT2D eigenvalue weighted by Gasteiger charge is 2.33. The number of ether oxygens (including phenoxy) is 1. The van der Waals surface area contributed by atoms with Crippen molar-refractivity contribution in [2.24, 2.45) is 5.92 Å². The molecule has 1 atom stereocenters. The van der Waals surface area contributed by atoms with Crippen molar-refractivity contribution in [2.75, 3.05) is 31.8 Å². The third-order valence-electron chi connectivity index (χ3n) is 4.79. The highest BCUT2D eigenvalue weighted by atomic mass is 32.2. The van der Waals surface area contributed by atoms with E-state index in [1.54, 1.807) is 23.9 Å². The molecule has 1 aliphatic heterocycles. The van der Waals surface area contributed by atoms with E-state index in [0.717, 1.165) is 10.6 Å². The number of benzene rings is 2. The normalized spacial score (nSPS) is 17.9. The molecule has 0 saturated carbocycles. The molecule has 1 saturated heterocycles. The molecule has 0 radical (unpaired) electrons. The smallest absolute Gasteiger partial charge is 0.243 e. The number of hydrogen-bond acceptors (Lipinski definition) is 5. The van der Waals surface area contributed by atoms with Crippen molar-refractivity contribution in [2.45, 2.75) is 22.6 Å². The lowest BCUT2D eigenvalue weighted by Crippen LogP contribution is -2.43. The van der Waals surface area contributed by atoms with E-state index in [9.17, 15) is 13.2 Å². The average molecular weight is 421 g/mol. The second kappa shape index (κ2) is 8.98. The Balaban J connectivity index is 1.70. The van der Waals surface area contributed by atoms with Gasteiger partial charge in [0, 0.05) is 23.7 Å². The third-order valence-corrected chi connectivity index (χ3v) is 7.39. The Bertz CT molecular complexity index is 929. The van der Waals surface area contributed by atoms with E-state index in [1.807, 2.05) is 30.5 Å². The lowest BCUT2D eigenvalue weighted by atomic mass is 9.99. The van der Waals surface area contributed by atoms with Crippen LogP contribution in [0.5, 0.6) is 5.75 Å². The van der Waals surface area contributed by atoms with Gasteiger partial charge in [0.15, 0.2) is 0 Å². The first-order chi connectivity index (χ1) is 13.4. The first-order valence-electron chi connectivity index (χ1n) is 9.03. The molecule has 0 aliphatic carbocycles. The molecule has 6 nitrogen and oxygen atoms in total. The maximum Gasteiger partial charge on any atom is 0.243 e. The summed E-state index contributed by atoms with van der Waals surface area (Å²) in [4.78, 5) is 14.0. The van der Waals surface area contributed by atoms with Gasteiger partial charge in [0.2, 0.25) is 15.9 Å². The minimum Gasteiger partial charge on any atom is -0.497 e. The van der Waals surface area contributed by atoms with Crippen LogP contribution in [0.25, 0.3) is 0 Å². The van der Waals surface area contributed by atoms with Crippen LogP contribution in [0.4, 0.5) is 5.69 Å². The number of anilines is 1. The van der Waals surface area contributed by atoms with Crippen LogP contribution in [0.3, 0.4) is 0 Å². The van der Waals surface area contributed by atoms with Crippen molar-refractivity contribution < 1.29 is 17.9 Å². The number of methoxy groups -OCH3 is 1. The fourth-order valence-corrected chi connectivity index (χ4v) is 5.20. The van der Waals surface area contributed by atoms with E-state index in [-0.39, 0.29) is 23.3 Å². The first kappa shape index (κ1) is 20.7. The molecule has 1 heterocycles. The van der Waals surface area contributed by atoms with E-state index < -0.39 is 10.0 Å². The maximum absolute atomic E-state index is 12.9. The van der Waals surface area contributed by atoms with Crippen molar-refractivity contribution in [1.82, 2.24) is 4.31 Å². The molecule has 1 N–H and O–H groups in total. The van der Waals surface area contributed by atoms with Gasteiger partial charge in [-0.25, -0.2) is 8.42 Å². The van der Waals surface area contributed by atoms with Crippen LogP contribution < -0.4 is 10.1 Å². The fraction of sp³-hybridized carbons (Fsp3) is 0.350. The third kappa shape index (κ3) is 4.68. The Labute approximate surface area is 170 Å². The van der Waals surface area contributed by atoms with Crippen LogP contribution in [-0.4, -0.2) is 45.1 Å². The summed E-state index contributed by atoms with van der Waals surface area (Å²) in [6.07, 6.45) is 3.30. The zero-order chi connectivity index (χ0) is 20.1. The molecule has 2 aromatic carbocycles. The van der Waals surface area contributed by atoms with Crippen LogP contribution >= 0.6 is 11.8 Å². The number of piperidine rings is 1. The van der Waals surface area contributed by atoms with Gasteiger partial charge in [-0.1, -0.05) is 6.07 Å². The van der Waals surface area contributed by atoms with Gasteiger partial charge in [0.25, 0.3) is 0 Å². The van der Waals surface area contributed by atoms with Crippen LogP contribution in [0.15, 0.2) is 58.3 Å². The summed E-state index contributed by atoms with van der Waals surface area (Å²) in [5.41, 5.74) is 0.729. The highest BCUT2D eigenvalue weighted by molar-refractivity contribution is 7.98. The molecule has 8 heteroatoms. The number of amides is 1. The van der Waals surface area contributed by atoms with Gasteiger partial charge < -0.3 is 10.1 Å². The van der Waals surface area contributed by atoms with E-state index >= 15 is 0 Å². The summed E-state index contributed by atoms with van der Waals surface area (Å²) >= 11 is 1.60. The van der Waals surface area contributed by atoms with E-state index in [1.165, 1.54) is 23.5 Å². The first-order valence-corrected chi connectivity index (χ1v) is 11.7. The fourth-order valence-electron chi connectivity index (χ4n) is 3.22. The van der Waals surface area contributed by atoms with Gasteiger partial charge in [0.05, 0.1) is 17.9 Å². The maximum atomic E-state index is 12.9. The Morgan fingerprint density at radius 2 is 1.96 bits per heavy atom. The molecule has 28 heavy (non-hydrogen) atoms. The SMILES string of the molecule is COc1ccc(S(=O)(=O)N2CCC[C@@H](C(=O)Nc3cccc(SC)c3)C2)cc1. The zero-order valence-corrected chi connectivity index (χ0v) is 17.6. The predicted octanol–water partition coefficient (Wildman–Crippen LogP) is 3.46. The molecule has 1 amide bonds. The van der Waals surface area contributed by atoms with Gasteiger partial charge in [-0.05, 0) is 61.6 Å². The molecule has 1 fully saturated rings. The lowest BCUT2D eigenvalue weighted by Gasteiger charge is -2.31. The molecule has 0 spiro atoms. The molecular formula is C20H24N2O4S2. The van der Waals surface area contributed by atoms with E-state index in [0.29, 0.717) is 25.1 Å². The number of thioether (sulfide) groups is 1. The number of nitrogens with one attached hydrogen (secondary N) is 1. The number of carbonyl (C=O) groups excluding carboxylic acids is 1. The number of sulfonamides is 1. The van der Waals surface area contributed by atoms with Crippen molar-refractivity contribution in [3.8, 4) is 5.75 Å². The molecule has 150 valence electrons. The van der Waals surface area contributed by atoms with Gasteiger partial charge >= 0.3 is 0 Å². The Hall–Kier alpha value is -2.03. The zero-order valence-electron chi connectivity index (χ0n) is 15.9. The Kier molecular flexibility index (Phi) is 6.64. The largest absolute Gasteiger partial charge is 0.497 e. The second-order valence-electron chi connectivity index (χ2n) is 6.60. The van der Waals surface area contributed by atoms with Gasteiger partial charge in [-0.3, -0.25) is 4.79 Å². The highest BCUT2D eigenvalue weighted by Crippen LogP contribution is 2.26. The standard InChI is InChI=1S/C20H24N2O4S2/c1-26-17-8-10-19(11-9-17)28(24,25)22-12-4-5-15(14-22)20(23)21-16-6-3-7-18(13-16)27-2/h3,6-11,13,15H,4-5,12,14H2,1-2H3,(H,21,23)/t15-/m1/s1. The number of nitrogens with zero attached hydrogens (tertiary/aromatic N) is 1. The van der Waals surface area contributed by atoms with Gasteiger partial charge in [-0.2, -0.15) is 4.31 Å². The summed E-state index contributed by atoms with van der Waals surface area (Å²) < 4.78 is 32.4. The number of hydrogen-bond donors (Lipinski definition) is 1. The average Bonchev–Trinajstić information content (AvgIpc) is 2.74. The molecule has 3 rings (SSSR count). The van der Waals surface area contributed by atoms with E-state index in [4.69, 9.17) is 4.74 Å². The number of carbonyl (C=O) groups is 1. The molecule has 2 aromatic rings. The summed E-state index contributed by atoms with van der Waals surface area (Å²) in [5, 5.41) is 2.92. The molecule has 0 bridgehead atoms. The molecule has 1 aliphatic rings. The summed E-state index contributed by atoms with van der Waals surface area (Å²) in [6, 6.07) is 13.9. The molecule has 0 unspecified atom stereocenters. The lowest BCUT2D eigenvalue weighted by molar-refractivity contribution is -0.120. The summed E-state index contributed by atoms with van der Waals surface area (Å²) in [5.74, 6) is 0.0786. The van der Waals surface area contributed by atoms with Crippen molar-refractivity contribution in [3.63, 3.8) is 0 Å². The molecular weight excluding hydrogens is 396 g/mol. The van der Waals surface area contributed by atoms with Crippen molar-refractivity contribution >= 4 is 33.4 Å². The topological polar surface area (TPSA) is 75.7 Å². The van der Waals surface area contributed by atoms with Crippen molar-refractivity contribution in [3.05, 3.63) is 48.5 Å². The summed E-state index contributed by atoms with van der Waals surface area (Å²) in [6.45, 7) is 0.600. The molecule has 0 aromatic heterocycles. The van der Waals surface area contributed by atoms with Gasteiger partial charge in [0.1, 0.15) is 5.75 Å². The second-order valence-corrected chi connectivity index (χ2v) is 9.42. The monoisotopic (exact) mass is 420 g/mol. The van der Waals surface area contributed by atoms with Crippen LogP contribution in [0.2, 0.25) is 0 Å². The minimum atomic E-state index is -3.64. The van der Waals surface area contributed by atoms with Crippen LogP contribution in [-0.2, 0) is 14.8 Å². The number of rotatable bonds is 6. The minimum absolute atomic E-state index is 0.145. The Morgan fingerprint density at radius 1 is 1.21 bits per heavy atom. The van der Waals surface area contributed by atoms with Crippen molar-refractivity contribution in [1.29, 1.82) is 0 Å². The van der Waals surface area contributed by atoms with E-state index in [2.05, 4.69) is 5.32 Å².